The minimum Gasteiger partial charge on any atom is -0.435 e. The Labute approximate surface area is 185 Å². The Morgan fingerprint density at radius 2 is 1.90 bits per heavy atom. The van der Waals surface area contributed by atoms with Crippen LogP contribution in [0.2, 0.25) is 0 Å². The van der Waals surface area contributed by atoms with E-state index >= 15 is 0 Å². The lowest BCUT2D eigenvalue weighted by molar-refractivity contribution is -0.0498. The fourth-order valence-corrected chi connectivity index (χ4v) is 4.14. The zero-order valence-electron chi connectivity index (χ0n) is 16.1. The summed E-state index contributed by atoms with van der Waals surface area (Å²) < 4.78 is 31.1. The fraction of sp³-hybridized carbons (Fsp3) is 0.0952. The molecule has 4 aromatic rings. The number of benzene rings is 2. The van der Waals surface area contributed by atoms with Crippen molar-refractivity contribution in [3.05, 3.63) is 76.1 Å². The second-order valence-corrected chi connectivity index (χ2v) is 8.02. The third kappa shape index (κ3) is 4.54. The minimum absolute atomic E-state index is 0.0674. The van der Waals surface area contributed by atoms with Crippen molar-refractivity contribution in [2.24, 2.45) is 0 Å². The quantitative estimate of drug-likeness (QED) is 0.357. The number of aryl methyl sites for hydroxylation is 1. The molecule has 2 aromatic carbocycles. The summed E-state index contributed by atoms with van der Waals surface area (Å²) in [6, 6.07) is 15.5. The number of thiazole rings is 1. The summed E-state index contributed by atoms with van der Waals surface area (Å²) in [6.45, 7) is -1.01. The van der Waals surface area contributed by atoms with Crippen LogP contribution in [0.1, 0.15) is 15.4 Å². The van der Waals surface area contributed by atoms with Crippen LogP contribution in [0, 0.1) is 11.7 Å². The highest BCUT2D eigenvalue weighted by Gasteiger charge is 2.18. The lowest BCUT2D eigenvalue weighted by atomic mass is 10.1. The molecule has 158 valence electrons. The molecule has 1 amide bonds. The van der Waals surface area contributed by atoms with E-state index in [1.807, 2.05) is 37.3 Å². The molecule has 4 rings (SSSR count). The summed E-state index contributed by atoms with van der Waals surface area (Å²) in [5.74, 6) is -0.296. The van der Waals surface area contributed by atoms with Crippen molar-refractivity contribution >= 4 is 34.6 Å². The Bertz CT molecular complexity index is 1260. The molecular formula is C21H16F2N4O2S2. The lowest BCUT2D eigenvalue weighted by Crippen LogP contribution is -2.16. The number of carbonyl (C=O) groups is 1. The van der Waals surface area contributed by atoms with Crippen LogP contribution < -0.4 is 10.1 Å². The maximum Gasteiger partial charge on any atom is 0.387 e. The van der Waals surface area contributed by atoms with Gasteiger partial charge in [0.1, 0.15) is 11.4 Å². The standard InChI is InChI=1S/C21H16F2N4O2S2/c1-12-17(13-7-9-15(10-8-13)29-19(22)23)25-20(31-12)26-18(28)16-11-24-21(30)27(16)14-5-3-2-4-6-14/h2-11,19H,1H3,(H,24,30)(H,25,26,28). The summed E-state index contributed by atoms with van der Waals surface area (Å²) in [6.07, 6.45) is 1.55. The number of hydrogen-bond acceptors (Lipinski definition) is 5. The van der Waals surface area contributed by atoms with Gasteiger partial charge in [0.15, 0.2) is 9.90 Å². The molecular weight excluding hydrogens is 442 g/mol. The summed E-state index contributed by atoms with van der Waals surface area (Å²) in [7, 11) is 0. The topological polar surface area (TPSA) is 71.9 Å². The molecule has 0 bridgehead atoms. The van der Waals surface area contributed by atoms with E-state index in [4.69, 9.17) is 12.2 Å². The molecule has 10 heteroatoms. The summed E-state index contributed by atoms with van der Waals surface area (Å²) >= 11 is 6.64. The molecule has 2 heterocycles. The smallest absolute Gasteiger partial charge is 0.387 e. The van der Waals surface area contributed by atoms with Crippen molar-refractivity contribution in [2.75, 3.05) is 5.32 Å². The number of rotatable bonds is 6. The molecule has 0 saturated carbocycles. The van der Waals surface area contributed by atoms with Crippen LogP contribution in [0.5, 0.6) is 5.75 Å². The summed E-state index contributed by atoms with van der Waals surface area (Å²) in [4.78, 5) is 21.2. The van der Waals surface area contributed by atoms with E-state index in [2.05, 4.69) is 20.0 Å². The first-order valence-electron chi connectivity index (χ1n) is 9.12. The van der Waals surface area contributed by atoms with Gasteiger partial charge in [-0.05, 0) is 55.5 Å². The number of carbonyl (C=O) groups excluding carboxylic acids is 1. The van der Waals surface area contributed by atoms with Crippen LogP contribution in [0.4, 0.5) is 13.9 Å². The first-order valence-corrected chi connectivity index (χ1v) is 10.3. The number of nitrogens with one attached hydrogen (secondary N) is 2. The number of amides is 1. The van der Waals surface area contributed by atoms with E-state index < -0.39 is 6.61 Å². The predicted molar refractivity (Wildman–Crippen MR) is 118 cm³/mol. The number of para-hydroxylation sites is 1. The van der Waals surface area contributed by atoms with Crippen LogP contribution in [-0.4, -0.2) is 27.1 Å². The number of halogens is 2. The molecule has 0 aliphatic carbocycles. The van der Waals surface area contributed by atoms with Gasteiger partial charge in [0.2, 0.25) is 0 Å². The molecule has 0 atom stereocenters. The van der Waals surface area contributed by atoms with Crippen molar-refractivity contribution in [1.82, 2.24) is 14.5 Å². The molecule has 0 fully saturated rings. The van der Waals surface area contributed by atoms with Gasteiger partial charge in [-0.3, -0.25) is 14.7 Å². The molecule has 0 spiro atoms. The van der Waals surface area contributed by atoms with Crippen molar-refractivity contribution in [2.45, 2.75) is 13.5 Å². The third-order valence-corrected chi connectivity index (χ3v) is 5.58. The Kier molecular flexibility index (Phi) is 5.92. The largest absolute Gasteiger partial charge is 0.435 e. The second kappa shape index (κ2) is 8.78. The molecule has 2 aromatic heterocycles. The van der Waals surface area contributed by atoms with Crippen LogP contribution in [0.25, 0.3) is 16.9 Å². The van der Waals surface area contributed by atoms with Gasteiger partial charge in [-0.25, -0.2) is 4.98 Å². The molecule has 0 saturated heterocycles. The van der Waals surface area contributed by atoms with Gasteiger partial charge in [0.25, 0.3) is 5.91 Å². The highest BCUT2D eigenvalue weighted by Crippen LogP contribution is 2.32. The van der Waals surface area contributed by atoms with Crippen LogP contribution >= 0.6 is 23.6 Å². The average molecular weight is 459 g/mol. The number of alkyl halides is 2. The van der Waals surface area contributed by atoms with Gasteiger partial charge in [-0.15, -0.1) is 11.3 Å². The Hall–Kier alpha value is -3.37. The minimum atomic E-state index is -2.88. The highest BCUT2D eigenvalue weighted by molar-refractivity contribution is 7.71. The molecule has 31 heavy (non-hydrogen) atoms. The van der Waals surface area contributed by atoms with Gasteiger partial charge in [-0.1, -0.05) is 18.2 Å². The highest BCUT2D eigenvalue weighted by atomic mass is 32.1. The normalized spacial score (nSPS) is 11.0. The Morgan fingerprint density at radius 3 is 2.58 bits per heavy atom. The van der Waals surface area contributed by atoms with Gasteiger partial charge in [0, 0.05) is 22.3 Å². The maximum atomic E-state index is 12.9. The number of aromatic nitrogens is 3. The molecule has 2 N–H and O–H groups in total. The number of imidazole rings is 1. The number of anilines is 1. The maximum absolute atomic E-state index is 12.9. The zero-order chi connectivity index (χ0) is 22.0. The molecule has 0 unspecified atom stereocenters. The Balaban J connectivity index is 1.57. The van der Waals surface area contributed by atoms with Gasteiger partial charge >= 0.3 is 6.61 Å². The predicted octanol–water partition coefficient (Wildman–Crippen LogP) is 5.82. The van der Waals surface area contributed by atoms with E-state index in [1.165, 1.54) is 23.5 Å². The van der Waals surface area contributed by atoms with E-state index in [0.29, 0.717) is 21.3 Å². The number of ether oxygens (including phenoxy) is 1. The van der Waals surface area contributed by atoms with Crippen LogP contribution in [-0.2, 0) is 0 Å². The number of hydrogen-bond donors (Lipinski definition) is 2. The van der Waals surface area contributed by atoms with Gasteiger partial charge in [0.05, 0.1) is 5.69 Å². The van der Waals surface area contributed by atoms with Gasteiger partial charge < -0.3 is 9.72 Å². The van der Waals surface area contributed by atoms with Crippen LogP contribution in [0.15, 0.2) is 60.8 Å². The first-order chi connectivity index (χ1) is 14.9. The van der Waals surface area contributed by atoms with Crippen molar-refractivity contribution in [3.8, 4) is 22.7 Å². The number of aromatic amines is 1. The first kappa shape index (κ1) is 20.9. The van der Waals surface area contributed by atoms with Gasteiger partial charge in [-0.2, -0.15) is 8.78 Å². The molecule has 0 aliphatic rings. The molecule has 0 radical (unpaired) electrons. The van der Waals surface area contributed by atoms with Crippen molar-refractivity contribution < 1.29 is 18.3 Å². The number of H-pyrrole nitrogens is 1. The third-order valence-electron chi connectivity index (χ3n) is 4.39. The van der Waals surface area contributed by atoms with E-state index in [0.717, 1.165) is 16.1 Å². The zero-order valence-corrected chi connectivity index (χ0v) is 17.8. The Morgan fingerprint density at radius 1 is 1.19 bits per heavy atom. The second-order valence-electron chi connectivity index (χ2n) is 6.43. The van der Waals surface area contributed by atoms with E-state index in [9.17, 15) is 13.6 Å². The molecule has 6 nitrogen and oxygen atoms in total. The fourth-order valence-electron chi connectivity index (χ4n) is 3.04. The molecule has 0 aliphatic heterocycles. The summed E-state index contributed by atoms with van der Waals surface area (Å²) in [5.41, 5.74) is 2.49. The van der Waals surface area contributed by atoms with Crippen LogP contribution in [0.3, 0.4) is 0 Å². The van der Waals surface area contributed by atoms with E-state index in [1.54, 1.807) is 22.9 Å². The van der Waals surface area contributed by atoms with Crippen molar-refractivity contribution in [1.29, 1.82) is 0 Å². The summed E-state index contributed by atoms with van der Waals surface area (Å²) in [5, 5.41) is 3.22. The van der Waals surface area contributed by atoms with E-state index in [-0.39, 0.29) is 11.7 Å². The SMILES string of the molecule is Cc1sc(NC(=O)c2c[nH]c(=S)n2-c2ccccc2)nc1-c1ccc(OC(F)F)cc1. The monoisotopic (exact) mass is 458 g/mol. The average Bonchev–Trinajstić information content (AvgIpc) is 3.31. The number of nitrogens with zero attached hydrogens (tertiary/aromatic N) is 2. The van der Waals surface area contributed by atoms with Crippen molar-refractivity contribution in [3.63, 3.8) is 0 Å². The lowest BCUT2D eigenvalue weighted by Gasteiger charge is -2.07.